The van der Waals surface area contributed by atoms with Crippen LogP contribution in [0.3, 0.4) is 0 Å². The lowest BCUT2D eigenvalue weighted by molar-refractivity contribution is -0.200. The summed E-state index contributed by atoms with van der Waals surface area (Å²) in [6.45, 7) is 13.4. The van der Waals surface area contributed by atoms with Crippen LogP contribution in [-0.4, -0.2) is 81.1 Å². The van der Waals surface area contributed by atoms with Crippen molar-refractivity contribution in [2.45, 2.75) is 85.7 Å². The van der Waals surface area contributed by atoms with Gasteiger partial charge < -0.3 is 19.9 Å². The van der Waals surface area contributed by atoms with Gasteiger partial charge in [-0.2, -0.15) is 0 Å². The van der Waals surface area contributed by atoms with Crippen molar-refractivity contribution < 1.29 is 46.7 Å². The van der Waals surface area contributed by atoms with E-state index in [4.69, 9.17) is 45.1 Å². The first kappa shape index (κ1) is 38.1. The Morgan fingerprint density at radius 2 is 1.51 bits per heavy atom. The lowest BCUT2D eigenvalue weighted by Gasteiger charge is -2.26. The maximum absolute atomic E-state index is 13.7. The number of thioether (sulfide) groups is 2. The van der Waals surface area contributed by atoms with E-state index in [0.717, 1.165) is 28.1 Å². The molecular formula is C27H41ClN3O11PS2. The topological polar surface area (TPSA) is 185 Å². The van der Waals surface area contributed by atoms with Crippen molar-refractivity contribution in [1.82, 2.24) is 9.55 Å². The van der Waals surface area contributed by atoms with Gasteiger partial charge in [-0.05, 0) is 13.8 Å². The zero-order chi connectivity index (χ0) is 34.0. The molecule has 2 N–H and O–H groups in total. The first-order valence-corrected chi connectivity index (χ1v) is 17.9. The Bertz CT molecular complexity index is 1340. The van der Waals surface area contributed by atoms with Crippen molar-refractivity contribution in [3.8, 4) is 0 Å². The Balaban J connectivity index is 1.76. The highest BCUT2D eigenvalue weighted by atomic mass is 35.5. The number of hydrogen-bond acceptors (Lipinski definition) is 14. The fourth-order valence-corrected chi connectivity index (χ4v) is 7.31. The van der Waals surface area contributed by atoms with Crippen molar-refractivity contribution in [2.75, 3.05) is 31.3 Å². The summed E-state index contributed by atoms with van der Waals surface area (Å²) in [4.78, 5) is 53.1. The van der Waals surface area contributed by atoms with E-state index in [2.05, 4.69) is 4.98 Å². The summed E-state index contributed by atoms with van der Waals surface area (Å²) < 4.78 is 49.7. The molecule has 0 radical (unpaired) electrons. The van der Waals surface area contributed by atoms with Gasteiger partial charge in [0.25, 0.3) is 11.5 Å². The number of aromatic nitrogens is 2. The number of phosphoric ester groups is 1. The number of rotatable bonds is 13. The highest BCUT2D eigenvalue weighted by Gasteiger charge is 2.56. The molecule has 2 aliphatic rings. The molecule has 45 heavy (non-hydrogen) atoms. The number of primary amides is 1. The Kier molecular flexibility index (Phi) is 12.6. The summed E-state index contributed by atoms with van der Waals surface area (Å²) >= 11 is 8.13. The van der Waals surface area contributed by atoms with E-state index >= 15 is 0 Å². The second kappa shape index (κ2) is 14.8. The molecule has 0 spiro atoms. The van der Waals surface area contributed by atoms with E-state index in [-0.39, 0.29) is 46.7 Å². The van der Waals surface area contributed by atoms with Gasteiger partial charge in [0.05, 0.1) is 19.8 Å². The number of fused-ring (bicyclic) bond motifs is 1. The van der Waals surface area contributed by atoms with Crippen LogP contribution in [0.2, 0.25) is 5.15 Å². The molecule has 2 aliphatic heterocycles. The maximum Gasteiger partial charge on any atom is 0.474 e. The molecule has 2 fully saturated rings. The number of nitrogens with zero attached hydrogens (tertiary/aromatic N) is 2. The third-order valence-electron chi connectivity index (χ3n) is 6.29. The summed E-state index contributed by atoms with van der Waals surface area (Å²) in [7, 11) is -4.26. The Labute approximate surface area is 275 Å². The number of ether oxygens (including phenoxy) is 3. The van der Waals surface area contributed by atoms with Crippen LogP contribution < -0.4 is 11.3 Å². The smallest absolute Gasteiger partial charge is 0.364 e. The van der Waals surface area contributed by atoms with Gasteiger partial charge in [-0.1, -0.05) is 76.7 Å². The molecule has 14 nitrogen and oxygen atoms in total. The second-order valence-electron chi connectivity index (χ2n) is 12.8. The van der Waals surface area contributed by atoms with E-state index in [9.17, 15) is 23.7 Å². The number of nitrogens with two attached hydrogens (primary N) is 1. The molecule has 3 rings (SSSR count). The third kappa shape index (κ3) is 10.3. The second-order valence-corrected chi connectivity index (χ2v) is 17.0. The van der Waals surface area contributed by atoms with Crippen LogP contribution in [0.1, 0.15) is 72.1 Å². The highest BCUT2D eigenvalue weighted by Crippen LogP contribution is 2.51. The molecule has 2 saturated heterocycles. The normalized spacial score (nSPS) is 23.2. The number of carbonyl (C=O) groups is 3. The molecule has 1 amide bonds. The Hall–Kier alpha value is -1.33. The average Bonchev–Trinajstić information content (AvgIpc) is 3.40. The SMILES string of the molecule is CC1(C)O[C@@H]2[C@H](O1)[C@@H](COP(=O)(OCCSC(=O)C(C)(C)C)OCCSC(=O)C(C)(C)C)O[C@H]2n1cc(Cl)nc(C(N)=O)c1=O. The maximum atomic E-state index is 13.7. The quantitative estimate of drug-likeness (QED) is 0.227. The predicted octanol–water partition coefficient (Wildman–Crippen LogP) is 4.18. The van der Waals surface area contributed by atoms with Crippen molar-refractivity contribution in [2.24, 2.45) is 16.6 Å². The molecule has 3 heterocycles. The molecule has 0 aliphatic carbocycles. The van der Waals surface area contributed by atoms with Crippen LogP contribution in [0, 0.1) is 10.8 Å². The monoisotopic (exact) mass is 713 g/mol. The van der Waals surface area contributed by atoms with Gasteiger partial charge in [-0.25, -0.2) is 9.55 Å². The zero-order valence-corrected chi connectivity index (χ0v) is 29.8. The van der Waals surface area contributed by atoms with Crippen molar-refractivity contribution in [3.63, 3.8) is 0 Å². The van der Waals surface area contributed by atoms with E-state index in [1.807, 2.05) is 0 Å². The van der Waals surface area contributed by atoms with Crippen molar-refractivity contribution in [1.29, 1.82) is 0 Å². The van der Waals surface area contributed by atoms with Crippen LogP contribution in [0.15, 0.2) is 11.0 Å². The average molecular weight is 714 g/mol. The minimum absolute atomic E-state index is 0.0664. The van der Waals surface area contributed by atoms with Gasteiger partial charge in [0.1, 0.15) is 23.5 Å². The van der Waals surface area contributed by atoms with Gasteiger partial charge in [0.2, 0.25) is 0 Å². The van der Waals surface area contributed by atoms with Crippen LogP contribution >= 0.6 is 42.9 Å². The number of halogens is 1. The first-order chi connectivity index (χ1) is 20.6. The fraction of sp³-hybridized carbons (Fsp3) is 0.741. The van der Waals surface area contributed by atoms with Gasteiger partial charge in [0, 0.05) is 28.5 Å². The van der Waals surface area contributed by atoms with Crippen LogP contribution in [0.25, 0.3) is 0 Å². The predicted molar refractivity (Wildman–Crippen MR) is 169 cm³/mol. The fourth-order valence-electron chi connectivity index (χ4n) is 4.12. The van der Waals surface area contributed by atoms with Crippen LogP contribution in [0.4, 0.5) is 0 Å². The molecule has 0 bridgehead atoms. The molecular weight excluding hydrogens is 673 g/mol. The largest absolute Gasteiger partial charge is 0.474 e. The van der Waals surface area contributed by atoms with Gasteiger partial charge in [-0.15, -0.1) is 0 Å². The number of amides is 1. The van der Waals surface area contributed by atoms with E-state index in [0.29, 0.717) is 0 Å². The molecule has 0 unspecified atom stereocenters. The van der Waals surface area contributed by atoms with E-state index in [1.165, 1.54) is 6.20 Å². The molecule has 0 saturated carbocycles. The van der Waals surface area contributed by atoms with Crippen molar-refractivity contribution in [3.05, 3.63) is 27.4 Å². The van der Waals surface area contributed by atoms with Gasteiger partial charge >= 0.3 is 7.82 Å². The molecule has 1 aromatic rings. The number of carbonyl (C=O) groups excluding carboxylic acids is 3. The number of phosphoric acid groups is 1. The highest BCUT2D eigenvalue weighted by molar-refractivity contribution is 8.14. The lowest BCUT2D eigenvalue weighted by Crippen LogP contribution is -2.37. The van der Waals surface area contributed by atoms with Gasteiger partial charge in [-0.3, -0.25) is 37.3 Å². The Morgan fingerprint density at radius 1 is 1.00 bits per heavy atom. The van der Waals surface area contributed by atoms with Crippen LogP contribution in [-0.2, 0) is 41.9 Å². The summed E-state index contributed by atoms with van der Waals surface area (Å²) in [6.07, 6.45) is -2.59. The minimum atomic E-state index is -4.26. The van der Waals surface area contributed by atoms with Crippen LogP contribution in [0.5, 0.6) is 0 Å². The molecule has 254 valence electrons. The summed E-state index contributed by atoms with van der Waals surface area (Å²) in [5.74, 6) is -1.78. The Morgan fingerprint density at radius 3 is 2.00 bits per heavy atom. The third-order valence-corrected chi connectivity index (χ3v) is 10.4. The standard InChI is InChI=1S/C27H41ClN3O11PS2/c1-25(2,3)23(34)44-11-9-37-43(36,38-10-12-45-24(35)26(4,5)6)39-14-15-18-19(42-27(7,8)41-18)22(40-15)31-13-16(28)30-17(20(29)32)21(31)33/h13,15,18-19,22H,9-12,14H2,1-8H3,(H2,29,32)/t15-,18-,19-,22-/m1/s1. The number of hydrogen-bond donors (Lipinski definition) is 1. The van der Waals surface area contributed by atoms with E-state index < -0.39 is 66.1 Å². The van der Waals surface area contributed by atoms with E-state index in [1.54, 1.807) is 55.4 Å². The molecule has 1 aromatic heterocycles. The summed E-state index contributed by atoms with van der Waals surface area (Å²) in [5, 5.41) is -0.315. The minimum Gasteiger partial charge on any atom is -0.364 e. The molecule has 4 atom stereocenters. The molecule has 0 aromatic carbocycles. The summed E-state index contributed by atoms with van der Waals surface area (Å²) in [5.41, 5.74) is 2.73. The first-order valence-electron chi connectivity index (χ1n) is 14.1. The zero-order valence-electron chi connectivity index (χ0n) is 26.5. The summed E-state index contributed by atoms with van der Waals surface area (Å²) in [6, 6.07) is 0. The molecule has 18 heteroatoms. The lowest BCUT2D eigenvalue weighted by atomic mass is 9.99. The van der Waals surface area contributed by atoms with Crippen molar-refractivity contribution >= 4 is 59.1 Å². The van der Waals surface area contributed by atoms with Gasteiger partial charge in [0.15, 0.2) is 27.9 Å².